The Bertz CT molecular complexity index is 706. The fourth-order valence-corrected chi connectivity index (χ4v) is 3.99. The predicted octanol–water partition coefficient (Wildman–Crippen LogP) is 3.80. The summed E-state index contributed by atoms with van der Waals surface area (Å²) in [6.07, 6.45) is 4.30. The highest BCUT2D eigenvalue weighted by Gasteiger charge is 2.33. The molecule has 1 aliphatic carbocycles. The van der Waals surface area contributed by atoms with Gasteiger partial charge in [0.25, 0.3) is 0 Å². The molecule has 0 saturated heterocycles. The monoisotopic (exact) mass is 300 g/mol. The maximum absolute atomic E-state index is 11.4. The summed E-state index contributed by atoms with van der Waals surface area (Å²) in [7, 11) is 0. The molecule has 1 aliphatic heterocycles. The van der Waals surface area contributed by atoms with Crippen molar-refractivity contribution in [3.05, 3.63) is 40.4 Å². The first kappa shape index (κ1) is 12.8. The zero-order valence-corrected chi connectivity index (χ0v) is 12.4. The highest BCUT2D eigenvalue weighted by Crippen LogP contribution is 2.45. The molecule has 1 fully saturated rings. The third kappa shape index (κ3) is 2.21. The molecule has 0 bridgehead atoms. The van der Waals surface area contributed by atoms with Gasteiger partial charge in [-0.3, -0.25) is 0 Å². The number of aryl methyl sites for hydroxylation is 1. The highest BCUT2D eigenvalue weighted by molar-refractivity contribution is 7.17. The number of carboxylic acid groups (broad SMARTS) is 1. The summed E-state index contributed by atoms with van der Waals surface area (Å²) in [6.45, 7) is 0.910. The molecule has 2 heterocycles. The summed E-state index contributed by atoms with van der Waals surface area (Å²) in [5, 5.41) is 10.2. The topological polar surface area (TPSA) is 53.4 Å². The zero-order valence-electron chi connectivity index (χ0n) is 11.6. The number of aromatic carboxylic acids is 1. The van der Waals surface area contributed by atoms with E-state index in [0.717, 1.165) is 43.1 Å². The lowest BCUT2D eigenvalue weighted by Crippen LogP contribution is -2.24. The lowest BCUT2D eigenvalue weighted by atomic mass is 10.0. The van der Waals surface area contributed by atoms with Crippen LogP contribution in [0.25, 0.3) is 0 Å². The van der Waals surface area contributed by atoms with Gasteiger partial charge in [-0.05, 0) is 37.3 Å². The van der Waals surface area contributed by atoms with Gasteiger partial charge in [0.1, 0.15) is 4.88 Å². The average molecular weight is 300 g/mol. The molecule has 4 rings (SSSR count). The van der Waals surface area contributed by atoms with Gasteiger partial charge in [-0.1, -0.05) is 29.5 Å². The standard InChI is InChI=1S/C16H16N2O2S/c19-15(20)14-13(11-7-8-11)17-16(21-14)18-9-3-5-10-4-1-2-6-12(10)18/h1-2,4,6,11H,3,5,7-9H2,(H,19,20). The quantitative estimate of drug-likeness (QED) is 0.936. The van der Waals surface area contributed by atoms with E-state index >= 15 is 0 Å². The Kier molecular flexibility index (Phi) is 2.96. The Hall–Kier alpha value is -1.88. The maximum Gasteiger partial charge on any atom is 0.347 e. The average Bonchev–Trinajstić information content (AvgIpc) is 3.25. The summed E-state index contributed by atoms with van der Waals surface area (Å²) >= 11 is 1.32. The molecule has 1 aromatic carbocycles. The Morgan fingerprint density at radius 3 is 2.90 bits per heavy atom. The summed E-state index contributed by atoms with van der Waals surface area (Å²) in [5.74, 6) is -0.480. The van der Waals surface area contributed by atoms with Crippen LogP contribution in [-0.2, 0) is 6.42 Å². The molecule has 4 nitrogen and oxygen atoms in total. The first-order valence-corrected chi connectivity index (χ1v) is 8.15. The van der Waals surface area contributed by atoms with E-state index in [-0.39, 0.29) is 0 Å². The largest absolute Gasteiger partial charge is 0.477 e. The minimum Gasteiger partial charge on any atom is -0.477 e. The number of thiazole rings is 1. The third-order valence-electron chi connectivity index (χ3n) is 4.14. The van der Waals surface area contributed by atoms with E-state index in [2.05, 4.69) is 28.1 Å². The summed E-state index contributed by atoms with van der Waals surface area (Å²) in [6, 6.07) is 8.34. The molecule has 0 amide bonds. The van der Waals surface area contributed by atoms with E-state index < -0.39 is 5.97 Å². The summed E-state index contributed by atoms with van der Waals surface area (Å²) in [4.78, 5) is 18.7. The van der Waals surface area contributed by atoms with Gasteiger partial charge in [-0.2, -0.15) is 0 Å². The molecule has 21 heavy (non-hydrogen) atoms. The van der Waals surface area contributed by atoms with Crippen molar-refractivity contribution in [1.82, 2.24) is 4.98 Å². The number of carbonyl (C=O) groups is 1. The second kappa shape index (κ2) is 4.84. The van der Waals surface area contributed by atoms with E-state index in [1.54, 1.807) is 0 Å². The Balaban J connectivity index is 1.77. The lowest BCUT2D eigenvalue weighted by Gasteiger charge is -2.28. The van der Waals surface area contributed by atoms with Crippen LogP contribution in [0.15, 0.2) is 24.3 Å². The molecule has 1 N–H and O–H groups in total. The molecule has 0 radical (unpaired) electrons. The molecule has 0 unspecified atom stereocenters. The molecule has 0 spiro atoms. The van der Waals surface area contributed by atoms with Gasteiger partial charge in [-0.25, -0.2) is 9.78 Å². The predicted molar refractivity (Wildman–Crippen MR) is 82.8 cm³/mol. The van der Waals surface area contributed by atoms with Crippen LogP contribution in [0.3, 0.4) is 0 Å². The second-order valence-corrected chi connectivity index (χ2v) is 6.65. The van der Waals surface area contributed by atoms with Gasteiger partial charge < -0.3 is 10.0 Å². The number of benzene rings is 1. The van der Waals surface area contributed by atoms with Gasteiger partial charge in [-0.15, -0.1) is 0 Å². The Labute approximate surface area is 127 Å². The van der Waals surface area contributed by atoms with Crippen LogP contribution in [0.1, 0.15) is 46.1 Å². The van der Waals surface area contributed by atoms with Crippen molar-refractivity contribution < 1.29 is 9.90 Å². The van der Waals surface area contributed by atoms with Gasteiger partial charge in [0.2, 0.25) is 0 Å². The number of aromatic nitrogens is 1. The van der Waals surface area contributed by atoms with Gasteiger partial charge in [0.05, 0.1) is 5.69 Å². The second-order valence-electron chi connectivity index (χ2n) is 5.67. The van der Waals surface area contributed by atoms with E-state index in [9.17, 15) is 9.90 Å². The van der Waals surface area contributed by atoms with Crippen molar-refractivity contribution in [3.63, 3.8) is 0 Å². The summed E-state index contributed by atoms with van der Waals surface area (Å²) in [5.41, 5.74) is 3.30. The third-order valence-corrected chi connectivity index (χ3v) is 5.22. The molecule has 2 aromatic rings. The SMILES string of the molecule is O=C(O)c1sc(N2CCCc3ccccc32)nc1C1CC1. The normalized spacial score (nSPS) is 17.6. The molecule has 5 heteroatoms. The van der Waals surface area contributed by atoms with Crippen LogP contribution < -0.4 is 4.90 Å². The molecule has 2 aliphatic rings. The Morgan fingerprint density at radius 1 is 1.33 bits per heavy atom. The highest BCUT2D eigenvalue weighted by atomic mass is 32.1. The minimum absolute atomic E-state index is 0.362. The first-order chi connectivity index (χ1) is 10.2. The smallest absolute Gasteiger partial charge is 0.347 e. The van der Waals surface area contributed by atoms with Crippen molar-refractivity contribution in [3.8, 4) is 0 Å². The maximum atomic E-state index is 11.4. The number of para-hydroxylation sites is 1. The first-order valence-electron chi connectivity index (χ1n) is 7.33. The van der Waals surface area contributed by atoms with Crippen LogP contribution in [-0.4, -0.2) is 22.6 Å². The van der Waals surface area contributed by atoms with Crippen molar-refractivity contribution in [1.29, 1.82) is 0 Å². The Morgan fingerprint density at radius 2 is 2.14 bits per heavy atom. The molecular weight excluding hydrogens is 284 g/mol. The van der Waals surface area contributed by atoms with E-state index in [1.807, 2.05) is 6.07 Å². The van der Waals surface area contributed by atoms with Crippen molar-refractivity contribution in [2.75, 3.05) is 11.4 Å². The number of hydrogen-bond acceptors (Lipinski definition) is 4. The van der Waals surface area contributed by atoms with E-state index in [0.29, 0.717) is 10.8 Å². The number of nitrogens with zero attached hydrogens (tertiary/aromatic N) is 2. The molecule has 1 saturated carbocycles. The van der Waals surface area contributed by atoms with Gasteiger partial charge >= 0.3 is 5.97 Å². The van der Waals surface area contributed by atoms with Crippen molar-refractivity contribution >= 4 is 28.1 Å². The number of fused-ring (bicyclic) bond motifs is 1. The number of anilines is 2. The van der Waals surface area contributed by atoms with E-state index in [1.165, 1.54) is 22.6 Å². The van der Waals surface area contributed by atoms with Crippen molar-refractivity contribution in [2.24, 2.45) is 0 Å². The van der Waals surface area contributed by atoms with Crippen LogP contribution in [0.2, 0.25) is 0 Å². The van der Waals surface area contributed by atoms with Crippen molar-refractivity contribution in [2.45, 2.75) is 31.6 Å². The summed E-state index contributed by atoms with van der Waals surface area (Å²) < 4.78 is 0. The minimum atomic E-state index is -0.842. The van der Waals surface area contributed by atoms with Crippen LogP contribution in [0, 0.1) is 0 Å². The fraction of sp³-hybridized carbons (Fsp3) is 0.375. The van der Waals surface area contributed by atoms with Gasteiger partial charge in [0.15, 0.2) is 5.13 Å². The zero-order chi connectivity index (χ0) is 14.4. The number of rotatable bonds is 3. The number of carboxylic acids is 1. The van der Waals surface area contributed by atoms with Crippen LogP contribution in [0.4, 0.5) is 10.8 Å². The molecule has 108 valence electrons. The molecular formula is C16H16N2O2S. The molecule has 1 aromatic heterocycles. The number of hydrogen-bond donors (Lipinski definition) is 1. The lowest BCUT2D eigenvalue weighted by molar-refractivity contribution is 0.0700. The fourth-order valence-electron chi connectivity index (χ4n) is 2.95. The van der Waals surface area contributed by atoms with Crippen LogP contribution in [0.5, 0.6) is 0 Å². The van der Waals surface area contributed by atoms with E-state index in [4.69, 9.17) is 0 Å². The molecule has 0 atom stereocenters. The van der Waals surface area contributed by atoms with Gasteiger partial charge in [0, 0.05) is 18.2 Å². The van der Waals surface area contributed by atoms with Crippen LogP contribution >= 0.6 is 11.3 Å².